The van der Waals surface area contributed by atoms with E-state index in [1.807, 2.05) is 13.8 Å². The minimum Gasteiger partial charge on any atom is -0.373 e. The molecule has 0 radical (unpaired) electrons. The van der Waals surface area contributed by atoms with Crippen molar-refractivity contribution in [2.45, 2.75) is 26.1 Å². The lowest BCUT2D eigenvalue weighted by Gasteiger charge is -2.34. The van der Waals surface area contributed by atoms with Crippen molar-refractivity contribution in [3.05, 3.63) is 34.9 Å². The lowest BCUT2D eigenvalue weighted by atomic mass is 10.2. The smallest absolute Gasteiger partial charge is 0.251 e. The van der Waals surface area contributed by atoms with Crippen molar-refractivity contribution < 1.29 is 17.9 Å². The number of nitrogens with zero attached hydrogens (tertiary/aromatic N) is 1. The Morgan fingerprint density at radius 3 is 2.39 bits per heavy atom. The first-order valence-electron chi connectivity index (χ1n) is 7.45. The molecule has 1 aromatic rings. The van der Waals surface area contributed by atoms with Gasteiger partial charge in [-0.05, 0) is 38.1 Å². The maximum absolute atomic E-state index is 12.3. The molecule has 1 aromatic carbocycles. The van der Waals surface area contributed by atoms with Crippen LogP contribution in [0.3, 0.4) is 0 Å². The van der Waals surface area contributed by atoms with Crippen LogP contribution in [0.1, 0.15) is 24.2 Å². The Balaban J connectivity index is 1.87. The molecule has 2 atom stereocenters. The molecule has 0 aromatic heterocycles. The van der Waals surface area contributed by atoms with Gasteiger partial charge in [0.05, 0.1) is 18.0 Å². The molecular formula is C15H21ClN2O4S. The van der Waals surface area contributed by atoms with Gasteiger partial charge in [0.1, 0.15) is 0 Å². The number of carbonyl (C=O) groups excluding carboxylic acids is 1. The van der Waals surface area contributed by atoms with Gasteiger partial charge in [-0.1, -0.05) is 11.6 Å². The average molecular weight is 361 g/mol. The lowest BCUT2D eigenvalue weighted by Crippen LogP contribution is -2.49. The van der Waals surface area contributed by atoms with Crippen LogP contribution in [0.15, 0.2) is 24.3 Å². The summed E-state index contributed by atoms with van der Waals surface area (Å²) in [5.41, 5.74) is 0.445. The molecular weight excluding hydrogens is 340 g/mol. The average Bonchev–Trinajstić information content (AvgIpc) is 2.46. The van der Waals surface area contributed by atoms with E-state index in [0.717, 1.165) is 0 Å². The summed E-state index contributed by atoms with van der Waals surface area (Å²) in [4.78, 5) is 11.9. The number of hydrogen-bond acceptors (Lipinski definition) is 4. The zero-order chi connectivity index (χ0) is 17.0. The highest BCUT2D eigenvalue weighted by atomic mass is 35.5. The molecule has 1 saturated heterocycles. The first-order chi connectivity index (χ1) is 10.8. The maximum atomic E-state index is 12.3. The third-order valence-corrected chi connectivity index (χ3v) is 5.59. The second kappa shape index (κ2) is 7.61. The zero-order valence-corrected chi connectivity index (χ0v) is 14.7. The van der Waals surface area contributed by atoms with Crippen LogP contribution in [0, 0.1) is 0 Å². The van der Waals surface area contributed by atoms with E-state index in [2.05, 4.69) is 5.32 Å². The first kappa shape index (κ1) is 18.2. The van der Waals surface area contributed by atoms with E-state index in [4.69, 9.17) is 16.3 Å². The van der Waals surface area contributed by atoms with Crippen molar-refractivity contribution in [1.29, 1.82) is 0 Å². The molecule has 0 saturated carbocycles. The molecule has 1 heterocycles. The number of benzene rings is 1. The SMILES string of the molecule is C[C@@H]1CN(S(=O)(=O)CCNC(=O)c2ccc(Cl)cc2)C[C@@H](C)O1. The minimum absolute atomic E-state index is 0.0594. The molecule has 0 aliphatic carbocycles. The highest BCUT2D eigenvalue weighted by Gasteiger charge is 2.30. The summed E-state index contributed by atoms with van der Waals surface area (Å²) < 4.78 is 31.6. The number of nitrogens with one attached hydrogen (secondary N) is 1. The Kier molecular flexibility index (Phi) is 6.02. The summed E-state index contributed by atoms with van der Waals surface area (Å²) in [5.74, 6) is -0.452. The van der Waals surface area contributed by atoms with Gasteiger partial charge in [0, 0.05) is 30.2 Å². The number of carbonyl (C=O) groups is 1. The molecule has 0 unspecified atom stereocenters. The Bertz CT molecular complexity index is 638. The summed E-state index contributed by atoms with van der Waals surface area (Å²) in [6, 6.07) is 6.42. The number of rotatable bonds is 5. The van der Waals surface area contributed by atoms with E-state index >= 15 is 0 Å². The van der Waals surface area contributed by atoms with Crippen LogP contribution >= 0.6 is 11.6 Å². The number of morpholine rings is 1. The van der Waals surface area contributed by atoms with Crippen LogP contribution in [-0.4, -0.2) is 56.2 Å². The Morgan fingerprint density at radius 1 is 1.26 bits per heavy atom. The fourth-order valence-corrected chi connectivity index (χ4v) is 4.10. The van der Waals surface area contributed by atoms with Crippen LogP contribution in [-0.2, 0) is 14.8 Å². The molecule has 128 valence electrons. The van der Waals surface area contributed by atoms with Gasteiger partial charge in [-0.15, -0.1) is 0 Å². The molecule has 1 N–H and O–H groups in total. The van der Waals surface area contributed by atoms with E-state index in [0.29, 0.717) is 23.7 Å². The van der Waals surface area contributed by atoms with Gasteiger partial charge in [-0.3, -0.25) is 4.79 Å². The second-order valence-electron chi connectivity index (χ2n) is 5.65. The Morgan fingerprint density at radius 2 is 1.83 bits per heavy atom. The number of halogens is 1. The Hall–Kier alpha value is -1.15. The van der Waals surface area contributed by atoms with Gasteiger partial charge >= 0.3 is 0 Å². The van der Waals surface area contributed by atoms with Gasteiger partial charge in [0.2, 0.25) is 10.0 Å². The summed E-state index contributed by atoms with van der Waals surface area (Å²) in [7, 11) is -3.42. The van der Waals surface area contributed by atoms with Gasteiger partial charge in [0.15, 0.2) is 0 Å². The minimum atomic E-state index is -3.42. The van der Waals surface area contributed by atoms with E-state index in [-0.39, 0.29) is 30.4 Å². The molecule has 1 fully saturated rings. The fraction of sp³-hybridized carbons (Fsp3) is 0.533. The predicted molar refractivity (Wildman–Crippen MR) is 89.2 cm³/mol. The van der Waals surface area contributed by atoms with Crippen LogP contribution < -0.4 is 5.32 Å². The van der Waals surface area contributed by atoms with Crippen LogP contribution in [0.4, 0.5) is 0 Å². The van der Waals surface area contributed by atoms with Crippen LogP contribution in [0.2, 0.25) is 5.02 Å². The van der Waals surface area contributed by atoms with Crippen LogP contribution in [0.25, 0.3) is 0 Å². The topological polar surface area (TPSA) is 75.7 Å². The molecule has 2 rings (SSSR count). The number of hydrogen-bond donors (Lipinski definition) is 1. The normalized spacial score (nSPS) is 22.7. The van der Waals surface area contributed by atoms with Crippen molar-refractivity contribution in [3.8, 4) is 0 Å². The number of ether oxygens (including phenoxy) is 1. The van der Waals surface area contributed by atoms with E-state index in [9.17, 15) is 13.2 Å². The largest absolute Gasteiger partial charge is 0.373 e. The molecule has 23 heavy (non-hydrogen) atoms. The monoisotopic (exact) mass is 360 g/mol. The fourth-order valence-electron chi connectivity index (χ4n) is 2.48. The van der Waals surface area contributed by atoms with E-state index < -0.39 is 10.0 Å². The van der Waals surface area contributed by atoms with Gasteiger partial charge in [-0.25, -0.2) is 8.42 Å². The van der Waals surface area contributed by atoms with Crippen LogP contribution in [0.5, 0.6) is 0 Å². The summed E-state index contributed by atoms with van der Waals surface area (Å²) in [5, 5.41) is 3.16. The van der Waals surface area contributed by atoms with Crippen molar-refractivity contribution >= 4 is 27.5 Å². The molecule has 1 aliphatic rings. The maximum Gasteiger partial charge on any atom is 0.251 e. The third kappa shape index (κ3) is 5.17. The zero-order valence-electron chi connectivity index (χ0n) is 13.2. The van der Waals surface area contributed by atoms with Gasteiger partial charge in [0.25, 0.3) is 5.91 Å². The van der Waals surface area contributed by atoms with Crippen molar-refractivity contribution in [3.63, 3.8) is 0 Å². The lowest BCUT2D eigenvalue weighted by molar-refractivity contribution is -0.0440. The third-order valence-electron chi connectivity index (χ3n) is 3.53. The van der Waals surface area contributed by atoms with Gasteiger partial charge in [-0.2, -0.15) is 4.31 Å². The molecule has 1 amide bonds. The van der Waals surface area contributed by atoms with Crippen molar-refractivity contribution in [2.75, 3.05) is 25.4 Å². The predicted octanol–water partition coefficient (Wildman–Crippen LogP) is 1.51. The first-order valence-corrected chi connectivity index (χ1v) is 9.43. The van der Waals surface area contributed by atoms with Crippen molar-refractivity contribution in [1.82, 2.24) is 9.62 Å². The summed E-state index contributed by atoms with van der Waals surface area (Å²) in [6.07, 6.45) is -0.255. The summed E-state index contributed by atoms with van der Waals surface area (Å²) >= 11 is 5.76. The quantitative estimate of drug-likeness (QED) is 0.863. The van der Waals surface area contributed by atoms with E-state index in [1.54, 1.807) is 24.3 Å². The molecule has 0 spiro atoms. The Labute approximate surface area is 141 Å². The van der Waals surface area contributed by atoms with Crippen molar-refractivity contribution in [2.24, 2.45) is 0 Å². The number of sulfonamides is 1. The standard InChI is InChI=1S/C15H21ClN2O4S/c1-11-9-18(10-12(2)22-11)23(20,21)8-7-17-15(19)13-3-5-14(16)6-4-13/h3-6,11-12H,7-10H2,1-2H3,(H,17,19)/t11-,12-/m1/s1. The van der Waals surface area contributed by atoms with Gasteiger partial charge < -0.3 is 10.1 Å². The molecule has 6 nitrogen and oxygen atoms in total. The van der Waals surface area contributed by atoms with E-state index in [1.165, 1.54) is 4.31 Å². The highest BCUT2D eigenvalue weighted by molar-refractivity contribution is 7.89. The molecule has 0 bridgehead atoms. The highest BCUT2D eigenvalue weighted by Crippen LogP contribution is 2.14. The molecule has 1 aliphatic heterocycles. The second-order valence-corrected chi connectivity index (χ2v) is 8.18. The summed E-state index contributed by atoms with van der Waals surface area (Å²) in [6.45, 7) is 4.44. The number of amides is 1. The molecule has 8 heteroatoms.